The van der Waals surface area contributed by atoms with Gasteiger partial charge in [-0.3, -0.25) is 0 Å². The van der Waals surface area contributed by atoms with Crippen LogP contribution in [0.2, 0.25) is 0 Å². The SMILES string of the molecule is CC(C=O)CO[N+](=O)[O-]. The van der Waals surface area contributed by atoms with Gasteiger partial charge in [-0.25, -0.2) is 0 Å². The first-order valence-electron chi connectivity index (χ1n) is 2.39. The van der Waals surface area contributed by atoms with E-state index in [1.165, 1.54) is 6.92 Å². The molecule has 1 unspecified atom stereocenters. The maximum Gasteiger partial charge on any atom is 0.294 e. The van der Waals surface area contributed by atoms with E-state index >= 15 is 0 Å². The van der Waals surface area contributed by atoms with Gasteiger partial charge in [-0.1, -0.05) is 6.92 Å². The Balaban J connectivity index is 3.26. The third-order valence-electron chi connectivity index (χ3n) is 0.675. The Morgan fingerprint density at radius 1 is 1.89 bits per heavy atom. The van der Waals surface area contributed by atoms with Crippen LogP contribution in [0.25, 0.3) is 0 Å². The molecule has 0 bridgehead atoms. The van der Waals surface area contributed by atoms with Crippen molar-refractivity contribution in [3.8, 4) is 0 Å². The lowest BCUT2D eigenvalue weighted by Gasteiger charge is -1.98. The smallest absolute Gasteiger partial charge is 0.294 e. The first kappa shape index (κ1) is 7.87. The van der Waals surface area contributed by atoms with Crippen LogP contribution in [0.15, 0.2) is 0 Å². The standard InChI is InChI=1S/C4H7NO4/c1-4(2-6)3-9-5(7)8/h2,4H,3H2,1H3. The van der Waals surface area contributed by atoms with Crippen LogP contribution in [0.3, 0.4) is 0 Å². The van der Waals surface area contributed by atoms with E-state index in [9.17, 15) is 14.9 Å². The maximum atomic E-state index is 9.81. The Morgan fingerprint density at radius 2 is 2.44 bits per heavy atom. The van der Waals surface area contributed by atoms with Gasteiger partial charge in [0.15, 0.2) is 0 Å². The summed E-state index contributed by atoms with van der Waals surface area (Å²) in [5.74, 6) is -0.407. The normalized spacial score (nSPS) is 12.1. The van der Waals surface area contributed by atoms with Crippen LogP contribution < -0.4 is 0 Å². The summed E-state index contributed by atoms with van der Waals surface area (Å²) in [5.41, 5.74) is 0. The molecule has 0 spiro atoms. The summed E-state index contributed by atoms with van der Waals surface area (Å²) in [6.07, 6.45) is 0.601. The van der Waals surface area contributed by atoms with Crippen molar-refractivity contribution in [3.63, 3.8) is 0 Å². The van der Waals surface area contributed by atoms with Crippen LogP contribution in [0.4, 0.5) is 0 Å². The fraction of sp³-hybridized carbons (Fsp3) is 0.750. The Labute approximate surface area is 51.7 Å². The van der Waals surface area contributed by atoms with E-state index in [-0.39, 0.29) is 6.61 Å². The number of carbonyl (C=O) groups is 1. The van der Waals surface area contributed by atoms with E-state index in [0.29, 0.717) is 6.29 Å². The van der Waals surface area contributed by atoms with Gasteiger partial charge in [0.05, 0.1) is 0 Å². The molecule has 0 amide bonds. The number of hydrogen-bond acceptors (Lipinski definition) is 4. The fourth-order valence-electron chi connectivity index (χ4n) is 0.218. The molecule has 0 heterocycles. The molecule has 0 aliphatic carbocycles. The zero-order chi connectivity index (χ0) is 7.28. The lowest BCUT2D eigenvalue weighted by atomic mass is 10.2. The van der Waals surface area contributed by atoms with Crippen LogP contribution in [0, 0.1) is 16.0 Å². The topological polar surface area (TPSA) is 69.4 Å². The molecular weight excluding hydrogens is 126 g/mol. The molecule has 1 atom stereocenters. The number of aldehydes is 1. The van der Waals surface area contributed by atoms with Gasteiger partial charge < -0.3 is 9.63 Å². The van der Waals surface area contributed by atoms with Gasteiger partial charge in [0.1, 0.15) is 12.9 Å². The minimum absolute atomic E-state index is 0.156. The molecule has 0 saturated carbocycles. The minimum Gasteiger partial charge on any atom is -0.313 e. The minimum atomic E-state index is -0.917. The van der Waals surface area contributed by atoms with E-state index in [2.05, 4.69) is 4.84 Å². The molecule has 9 heavy (non-hydrogen) atoms. The van der Waals surface area contributed by atoms with Gasteiger partial charge in [-0.15, -0.1) is 10.1 Å². The molecule has 0 aliphatic rings. The van der Waals surface area contributed by atoms with Crippen molar-refractivity contribution in [2.45, 2.75) is 6.92 Å². The monoisotopic (exact) mass is 133 g/mol. The van der Waals surface area contributed by atoms with Crippen molar-refractivity contribution in [1.29, 1.82) is 0 Å². The van der Waals surface area contributed by atoms with Crippen molar-refractivity contribution in [2.75, 3.05) is 6.61 Å². The molecule has 52 valence electrons. The average molecular weight is 133 g/mol. The predicted octanol–water partition coefficient (Wildman–Crippen LogP) is 0.0297. The second kappa shape index (κ2) is 3.82. The van der Waals surface area contributed by atoms with Gasteiger partial charge >= 0.3 is 0 Å². The van der Waals surface area contributed by atoms with Crippen molar-refractivity contribution >= 4 is 6.29 Å². The second-order valence-corrected chi connectivity index (χ2v) is 1.63. The molecule has 0 aromatic heterocycles. The zero-order valence-corrected chi connectivity index (χ0v) is 4.94. The summed E-state index contributed by atoms with van der Waals surface area (Å²) in [6, 6.07) is 0. The zero-order valence-electron chi connectivity index (χ0n) is 4.94. The molecule has 0 radical (unpaired) electrons. The molecule has 0 rings (SSSR count). The highest BCUT2D eigenvalue weighted by atomic mass is 16.9. The van der Waals surface area contributed by atoms with E-state index in [1.807, 2.05) is 0 Å². The largest absolute Gasteiger partial charge is 0.313 e. The number of carbonyl (C=O) groups excluding carboxylic acids is 1. The Kier molecular flexibility index (Phi) is 3.34. The van der Waals surface area contributed by atoms with Gasteiger partial charge in [0.2, 0.25) is 0 Å². The summed E-state index contributed by atoms with van der Waals surface area (Å²) in [6.45, 7) is 1.38. The fourth-order valence-corrected chi connectivity index (χ4v) is 0.218. The lowest BCUT2D eigenvalue weighted by molar-refractivity contribution is -0.758. The second-order valence-electron chi connectivity index (χ2n) is 1.63. The highest BCUT2D eigenvalue weighted by Crippen LogP contribution is 1.89. The van der Waals surface area contributed by atoms with Crippen molar-refractivity contribution < 1.29 is 14.7 Å². The third kappa shape index (κ3) is 4.73. The average Bonchev–Trinajstić information content (AvgIpc) is 1.83. The molecule has 0 N–H and O–H groups in total. The Bertz CT molecular complexity index is 113. The molecule has 0 saturated heterocycles. The van der Waals surface area contributed by atoms with Gasteiger partial charge in [0.25, 0.3) is 5.09 Å². The van der Waals surface area contributed by atoms with E-state index < -0.39 is 11.0 Å². The molecule has 5 heteroatoms. The number of hydrogen-bond donors (Lipinski definition) is 0. The summed E-state index contributed by atoms with van der Waals surface area (Å²) >= 11 is 0. The van der Waals surface area contributed by atoms with Gasteiger partial charge in [0, 0.05) is 5.92 Å². The molecule has 5 nitrogen and oxygen atoms in total. The van der Waals surface area contributed by atoms with Crippen molar-refractivity contribution in [1.82, 2.24) is 0 Å². The first-order valence-corrected chi connectivity index (χ1v) is 2.39. The van der Waals surface area contributed by atoms with Crippen molar-refractivity contribution in [3.05, 3.63) is 10.1 Å². The maximum absolute atomic E-state index is 9.81. The summed E-state index contributed by atoms with van der Waals surface area (Å²) in [7, 11) is 0. The van der Waals surface area contributed by atoms with Crippen molar-refractivity contribution in [2.24, 2.45) is 5.92 Å². The first-order chi connectivity index (χ1) is 4.16. The van der Waals surface area contributed by atoms with Crippen LogP contribution >= 0.6 is 0 Å². The summed E-state index contributed by atoms with van der Waals surface area (Å²) in [4.78, 5) is 23.2. The number of nitrogens with zero attached hydrogens (tertiary/aromatic N) is 1. The van der Waals surface area contributed by atoms with Crippen LogP contribution in [0.5, 0.6) is 0 Å². The van der Waals surface area contributed by atoms with E-state index in [1.54, 1.807) is 0 Å². The summed E-state index contributed by atoms with van der Waals surface area (Å²) in [5, 5.41) is 8.57. The Morgan fingerprint density at radius 3 is 2.78 bits per heavy atom. The van der Waals surface area contributed by atoms with Gasteiger partial charge in [-0.05, 0) is 0 Å². The molecule has 0 aliphatic heterocycles. The highest BCUT2D eigenvalue weighted by Gasteiger charge is 2.01. The van der Waals surface area contributed by atoms with Crippen LogP contribution in [0.1, 0.15) is 6.92 Å². The Hall–Kier alpha value is -1.13. The third-order valence-corrected chi connectivity index (χ3v) is 0.675. The van der Waals surface area contributed by atoms with E-state index in [0.717, 1.165) is 0 Å². The molecule has 0 aromatic carbocycles. The highest BCUT2D eigenvalue weighted by molar-refractivity contribution is 5.52. The number of rotatable bonds is 4. The molecule has 0 aromatic rings. The van der Waals surface area contributed by atoms with Gasteiger partial charge in [-0.2, -0.15) is 0 Å². The van der Waals surface area contributed by atoms with E-state index in [4.69, 9.17) is 0 Å². The predicted molar refractivity (Wildman–Crippen MR) is 28.2 cm³/mol. The quantitative estimate of drug-likeness (QED) is 0.308. The lowest BCUT2D eigenvalue weighted by Crippen LogP contribution is -2.10. The molecular formula is C4H7NO4. The van der Waals surface area contributed by atoms with Crippen LogP contribution in [-0.4, -0.2) is 18.0 Å². The van der Waals surface area contributed by atoms with Crippen LogP contribution in [-0.2, 0) is 9.63 Å². The molecule has 0 fully saturated rings. The summed E-state index contributed by atoms with van der Waals surface area (Å²) < 4.78 is 0.